The summed E-state index contributed by atoms with van der Waals surface area (Å²) in [5.74, 6) is -0.170. The van der Waals surface area contributed by atoms with Crippen molar-refractivity contribution in [2.45, 2.75) is 38.3 Å². The summed E-state index contributed by atoms with van der Waals surface area (Å²) in [6.45, 7) is 0.455. The van der Waals surface area contributed by atoms with Gasteiger partial charge in [0.2, 0.25) is 0 Å². The van der Waals surface area contributed by atoms with E-state index in [1.165, 1.54) is 25.7 Å². The molecular formula is C17H20N4O. The molecule has 0 radical (unpaired) electrons. The molecular weight excluding hydrogens is 276 g/mol. The van der Waals surface area contributed by atoms with E-state index < -0.39 is 0 Å². The van der Waals surface area contributed by atoms with E-state index in [1.807, 2.05) is 18.2 Å². The number of pyridine rings is 2. The lowest BCUT2D eigenvalue weighted by atomic mass is 10.2. The van der Waals surface area contributed by atoms with Crippen LogP contribution < -0.4 is 10.6 Å². The monoisotopic (exact) mass is 296 g/mol. The number of amides is 1. The first-order valence-corrected chi connectivity index (χ1v) is 7.71. The van der Waals surface area contributed by atoms with Crippen molar-refractivity contribution in [1.82, 2.24) is 15.3 Å². The molecule has 5 heteroatoms. The van der Waals surface area contributed by atoms with Gasteiger partial charge in [-0.25, -0.2) is 4.98 Å². The molecule has 1 aliphatic carbocycles. The molecule has 0 aromatic carbocycles. The molecule has 2 aromatic heterocycles. The van der Waals surface area contributed by atoms with E-state index >= 15 is 0 Å². The summed E-state index contributed by atoms with van der Waals surface area (Å²) in [5, 5.41) is 6.31. The van der Waals surface area contributed by atoms with Crippen LogP contribution >= 0.6 is 0 Å². The minimum atomic E-state index is -0.170. The second-order valence-electron chi connectivity index (χ2n) is 5.60. The lowest BCUT2D eigenvalue weighted by Crippen LogP contribution is -2.24. The van der Waals surface area contributed by atoms with E-state index in [0.29, 0.717) is 18.3 Å². The maximum atomic E-state index is 12.1. The number of aromatic nitrogens is 2. The van der Waals surface area contributed by atoms with Crippen LogP contribution in [0.1, 0.15) is 41.7 Å². The maximum absolute atomic E-state index is 12.1. The second-order valence-corrected chi connectivity index (χ2v) is 5.60. The predicted molar refractivity (Wildman–Crippen MR) is 85.5 cm³/mol. The van der Waals surface area contributed by atoms with Crippen molar-refractivity contribution in [2.24, 2.45) is 0 Å². The van der Waals surface area contributed by atoms with Crippen molar-refractivity contribution < 1.29 is 4.79 Å². The molecule has 3 rings (SSSR count). The molecule has 2 heterocycles. The molecule has 114 valence electrons. The SMILES string of the molecule is O=C(NCc1cccnc1)c1ccc(NC2CCCC2)cn1. The van der Waals surface area contributed by atoms with Crippen LogP contribution in [0.25, 0.3) is 0 Å². The molecule has 0 atom stereocenters. The molecule has 5 nitrogen and oxygen atoms in total. The summed E-state index contributed by atoms with van der Waals surface area (Å²) in [4.78, 5) is 20.3. The number of nitrogens with zero attached hydrogens (tertiary/aromatic N) is 2. The van der Waals surface area contributed by atoms with E-state index in [4.69, 9.17) is 0 Å². The number of nitrogens with one attached hydrogen (secondary N) is 2. The minimum Gasteiger partial charge on any atom is -0.381 e. The van der Waals surface area contributed by atoms with E-state index in [0.717, 1.165) is 11.3 Å². The minimum absolute atomic E-state index is 0.170. The number of hydrogen-bond donors (Lipinski definition) is 2. The molecule has 1 fully saturated rings. The van der Waals surface area contributed by atoms with Gasteiger partial charge in [-0.05, 0) is 36.6 Å². The highest BCUT2D eigenvalue weighted by Crippen LogP contribution is 2.21. The Hall–Kier alpha value is -2.43. The Labute approximate surface area is 130 Å². The van der Waals surface area contributed by atoms with Gasteiger partial charge in [-0.3, -0.25) is 9.78 Å². The van der Waals surface area contributed by atoms with Crippen LogP contribution in [0.2, 0.25) is 0 Å². The standard InChI is InChI=1S/C17H20N4O/c22-17(20-11-13-4-3-9-18-10-13)16-8-7-15(12-19-16)21-14-5-1-2-6-14/h3-4,7-10,12,14,21H,1-2,5-6,11H2,(H,20,22). The molecule has 0 spiro atoms. The summed E-state index contributed by atoms with van der Waals surface area (Å²) < 4.78 is 0. The third-order valence-electron chi connectivity index (χ3n) is 3.90. The molecule has 0 bridgehead atoms. The van der Waals surface area contributed by atoms with Gasteiger partial charge in [-0.1, -0.05) is 18.9 Å². The lowest BCUT2D eigenvalue weighted by Gasteiger charge is -2.13. The molecule has 0 saturated heterocycles. The molecule has 1 saturated carbocycles. The van der Waals surface area contributed by atoms with Crippen LogP contribution in [0.5, 0.6) is 0 Å². The zero-order valence-electron chi connectivity index (χ0n) is 12.5. The van der Waals surface area contributed by atoms with Gasteiger partial charge in [0.05, 0.1) is 11.9 Å². The first-order valence-electron chi connectivity index (χ1n) is 7.71. The maximum Gasteiger partial charge on any atom is 0.270 e. The number of carbonyl (C=O) groups excluding carboxylic acids is 1. The van der Waals surface area contributed by atoms with Crippen molar-refractivity contribution in [3.05, 3.63) is 54.1 Å². The van der Waals surface area contributed by atoms with Crippen molar-refractivity contribution in [3.8, 4) is 0 Å². The average molecular weight is 296 g/mol. The first kappa shape index (κ1) is 14.5. The Balaban J connectivity index is 1.54. The third kappa shape index (κ3) is 3.81. The van der Waals surface area contributed by atoms with E-state index in [1.54, 1.807) is 24.7 Å². The molecule has 2 aromatic rings. The Morgan fingerprint density at radius 2 is 2.05 bits per heavy atom. The van der Waals surface area contributed by atoms with Crippen LogP contribution in [0.4, 0.5) is 5.69 Å². The normalized spacial score (nSPS) is 14.7. The lowest BCUT2D eigenvalue weighted by molar-refractivity contribution is 0.0946. The van der Waals surface area contributed by atoms with Gasteiger partial charge >= 0.3 is 0 Å². The quantitative estimate of drug-likeness (QED) is 0.890. The summed E-state index contributed by atoms with van der Waals surface area (Å²) in [6, 6.07) is 8.01. The van der Waals surface area contributed by atoms with Crippen molar-refractivity contribution in [1.29, 1.82) is 0 Å². The van der Waals surface area contributed by atoms with Gasteiger partial charge in [0, 0.05) is 25.0 Å². The highest BCUT2D eigenvalue weighted by Gasteiger charge is 2.14. The summed E-state index contributed by atoms with van der Waals surface area (Å²) >= 11 is 0. The van der Waals surface area contributed by atoms with Gasteiger partial charge in [0.1, 0.15) is 5.69 Å². The van der Waals surface area contributed by atoms with E-state index in [-0.39, 0.29) is 5.91 Å². The summed E-state index contributed by atoms with van der Waals surface area (Å²) in [7, 11) is 0. The molecule has 2 N–H and O–H groups in total. The van der Waals surface area contributed by atoms with E-state index in [9.17, 15) is 4.79 Å². The topological polar surface area (TPSA) is 66.9 Å². The molecule has 1 aliphatic rings. The number of anilines is 1. The summed E-state index contributed by atoms with van der Waals surface area (Å²) in [6.07, 6.45) is 10.2. The Kier molecular flexibility index (Phi) is 4.63. The average Bonchev–Trinajstić information content (AvgIpc) is 3.07. The number of carbonyl (C=O) groups is 1. The summed E-state index contributed by atoms with van der Waals surface area (Å²) in [5.41, 5.74) is 2.38. The predicted octanol–water partition coefficient (Wildman–Crippen LogP) is 2.76. The van der Waals surface area contributed by atoms with Gasteiger partial charge in [-0.15, -0.1) is 0 Å². The fourth-order valence-corrected chi connectivity index (χ4v) is 2.70. The van der Waals surface area contributed by atoms with Gasteiger partial charge in [-0.2, -0.15) is 0 Å². The molecule has 0 aliphatic heterocycles. The molecule has 0 unspecified atom stereocenters. The zero-order valence-corrected chi connectivity index (χ0v) is 12.5. The smallest absolute Gasteiger partial charge is 0.270 e. The molecule has 1 amide bonds. The van der Waals surface area contributed by atoms with Gasteiger partial charge in [0.15, 0.2) is 0 Å². The number of rotatable bonds is 5. The van der Waals surface area contributed by atoms with Crippen LogP contribution in [0, 0.1) is 0 Å². The molecule has 22 heavy (non-hydrogen) atoms. The highest BCUT2D eigenvalue weighted by molar-refractivity contribution is 5.92. The van der Waals surface area contributed by atoms with Crippen molar-refractivity contribution in [2.75, 3.05) is 5.32 Å². The van der Waals surface area contributed by atoms with Crippen LogP contribution in [-0.2, 0) is 6.54 Å². The Morgan fingerprint density at radius 3 is 2.73 bits per heavy atom. The van der Waals surface area contributed by atoms with Crippen molar-refractivity contribution >= 4 is 11.6 Å². The second kappa shape index (κ2) is 7.02. The fourth-order valence-electron chi connectivity index (χ4n) is 2.70. The zero-order chi connectivity index (χ0) is 15.2. The largest absolute Gasteiger partial charge is 0.381 e. The van der Waals surface area contributed by atoms with Crippen LogP contribution in [0.3, 0.4) is 0 Å². The number of hydrogen-bond acceptors (Lipinski definition) is 4. The highest BCUT2D eigenvalue weighted by atomic mass is 16.1. The Morgan fingerprint density at radius 1 is 1.18 bits per heavy atom. The van der Waals surface area contributed by atoms with Crippen molar-refractivity contribution in [3.63, 3.8) is 0 Å². The Bertz CT molecular complexity index is 606. The van der Waals surface area contributed by atoms with Gasteiger partial charge < -0.3 is 10.6 Å². The first-order chi connectivity index (χ1) is 10.8. The third-order valence-corrected chi connectivity index (χ3v) is 3.90. The van der Waals surface area contributed by atoms with Crippen LogP contribution in [0.15, 0.2) is 42.9 Å². The fraction of sp³-hybridized carbons (Fsp3) is 0.353. The van der Waals surface area contributed by atoms with E-state index in [2.05, 4.69) is 20.6 Å². The van der Waals surface area contributed by atoms with Crippen LogP contribution in [-0.4, -0.2) is 21.9 Å². The van der Waals surface area contributed by atoms with Gasteiger partial charge in [0.25, 0.3) is 5.91 Å².